The minimum atomic E-state index is 0.579. The van der Waals surface area contributed by atoms with E-state index in [4.69, 9.17) is 11.6 Å². The van der Waals surface area contributed by atoms with Gasteiger partial charge in [0, 0.05) is 4.47 Å². The molecule has 1 N–H and O–H groups in total. The highest BCUT2D eigenvalue weighted by molar-refractivity contribution is 9.10. The Morgan fingerprint density at radius 3 is 3.06 bits per heavy atom. The predicted octanol–water partition coefficient (Wildman–Crippen LogP) is 1.80. The number of rotatable bonds is 3. The first-order chi connectivity index (χ1) is 7.72. The van der Waals surface area contributed by atoms with Gasteiger partial charge in [0.2, 0.25) is 0 Å². The first-order valence-corrected chi connectivity index (χ1v) is 5.76. The fraction of sp³-hybridized carbons (Fsp3) is 0.222. The molecular formula is C9H9BrClN5. The molecule has 0 bridgehead atoms. The van der Waals surface area contributed by atoms with Gasteiger partial charge in [-0.3, -0.25) is 0 Å². The van der Waals surface area contributed by atoms with Crippen molar-refractivity contribution in [3.05, 3.63) is 33.5 Å². The molecule has 0 aliphatic carbocycles. The van der Waals surface area contributed by atoms with Crippen LogP contribution >= 0.6 is 27.5 Å². The molecule has 7 heteroatoms. The smallest absolute Gasteiger partial charge is 0.170 e. The fourth-order valence-electron chi connectivity index (χ4n) is 1.31. The maximum Gasteiger partial charge on any atom is 0.170 e. The summed E-state index contributed by atoms with van der Waals surface area (Å²) in [4.78, 5) is 0. The zero-order valence-electron chi connectivity index (χ0n) is 8.48. The van der Waals surface area contributed by atoms with E-state index in [1.165, 1.54) is 0 Å². The highest BCUT2D eigenvalue weighted by Crippen LogP contribution is 2.24. The van der Waals surface area contributed by atoms with Crippen molar-refractivity contribution in [2.24, 2.45) is 0 Å². The molecule has 0 fully saturated rings. The summed E-state index contributed by atoms with van der Waals surface area (Å²) in [5, 5.41) is 15.1. The van der Waals surface area contributed by atoms with Crippen LogP contribution in [0.1, 0.15) is 5.82 Å². The molecule has 0 radical (unpaired) electrons. The Hall–Kier alpha value is -0.980. The lowest BCUT2D eigenvalue weighted by Crippen LogP contribution is -2.12. The summed E-state index contributed by atoms with van der Waals surface area (Å²) < 4.78 is 2.54. The first kappa shape index (κ1) is 11.5. The molecule has 0 amide bonds. The number of nitrogens with one attached hydrogen (secondary N) is 1. The van der Waals surface area contributed by atoms with Gasteiger partial charge in [0.05, 0.1) is 17.3 Å². The number of tetrazole rings is 1. The van der Waals surface area contributed by atoms with Crippen molar-refractivity contribution in [2.75, 3.05) is 7.05 Å². The Morgan fingerprint density at radius 2 is 2.31 bits per heavy atom. The molecule has 2 rings (SSSR count). The van der Waals surface area contributed by atoms with Crippen LogP contribution in [0.25, 0.3) is 5.69 Å². The van der Waals surface area contributed by atoms with Crippen molar-refractivity contribution in [1.29, 1.82) is 0 Å². The third-order valence-electron chi connectivity index (χ3n) is 2.01. The van der Waals surface area contributed by atoms with Gasteiger partial charge in [-0.25, -0.2) is 0 Å². The zero-order valence-corrected chi connectivity index (χ0v) is 10.8. The van der Waals surface area contributed by atoms with E-state index in [1.807, 2.05) is 19.2 Å². The molecule has 5 nitrogen and oxygen atoms in total. The Morgan fingerprint density at radius 1 is 1.50 bits per heavy atom. The number of hydrogen-bond acceptors (Lipinski definition) is 4. The topological polar surface area (TPSA) is 55.6 Å². The normalized spacial score (nSPS) is 10.7. The molecular weight excluding hydrogens is 293 g/mol. The maximum absolute atomic E-state index is 6.10. The Balaban J connectivity index is 2.49. The average molecular weight is 303 g/mol. The monoisotopic (exact) mass is 301 g/mol. The van der Waals surface area contributed by atoms with Gasteiger partial charge in [-0.2, -0.15) is 4.68 Å². The number of benzene rings is 1. The number of aromatic nitrogens is 4. The molecule has 0 saturated heterocycles. The molecule has 0 atom stereocenters. The quantitative estimate of drug-likeness (QED) is 0.939. The van der Waals surface area contributed by atoms with E-state index in [0.29, 0.717) is 17.4 Å². The summed E-state index contributed by atoms with van der Waals surface area (Å²) in [6.45, 7) is 0.579. The molecule has 16 heavy (non-hydrogen) atoms. The molecule has 1 aromatic heterocycles. The third kappa shape index (κ3) is 2.23. The Kier molecular flexibility index (Phi) is 3.52. The van der Waals surface area contributed by atoms with Crippen LogP contribution in [0.5, 0.6) is 0 Å². The van der Waals surface area contributed by atoms with E-state index in [1.54, 1.807) is 10.7 Å². The SMILES string of the molecule is CNCc1nnnn1-c1cc(Br)ccc1Cl. The molecule has 1 aromatic carbocycles. The van der Waals surface area contributed by atoms with Crippen LogP contribution in [0.4, 0.5) is 0 Å². The second kappa shape index (κ2) is 4.90. The summed E-state index contributed by atoms with van der Waals surface area (Å²) in [5.41, 5.74) is 0.756. The minimum absolute atomic E-state index is 0.579. The van der Waals surface area contributed by atoms with Crippen molar-refractivity contribution in [3.63, 3.8) is 0 Å². The molecule has 0 unspecified atom stereocenters. The van der Waals surface area contributed by atoms with Gasteiger partial charge in [-0.05, 0) is 35.7 Å². The second-order valence-electron chi connectivity index (χ2n) is 3.13. The fourth-order valence-corrected chi connectivity index (χ4v) is 1.86. The lowest BCUT2D eigenvalue weighted by atomic mass is 10.3. The summed E-state index contributed by atoms with van der Waals surface area (Å²) >= 11 is 9.49. The van der Waals surface area contributed by atoms with Crippen LogP contribution < -0.4 is 5.32 Å². The lowest BCUT2D eigenvalue weighted by molar-refractivity contribution is 0.709. The molecule has 0 spiro atoms. The summed E-state index contributed by atoms with van der Waals surface area (Å²) in [6.07, 6.45) is 0. The largest absolute Gasteiger partial charge is 0.313 e. The van der Waals surface area contributed by atoms with Crippen LogP contribution in [0.3, 0.4) is 0 Å². The van der Waals surface area contributed by atoms with Crippen molar-refractivity contribution in [3.8, 4) is 5.69 Å². The van der Waals surface area contributed by atoms with Crippen LogP contribution in [0.15, 0.2) is 22.7 Å². The first-order valence-electron chi connectivity index (χ1n) is 4.59. The van der Waals surface area contributed by atoms with Gasteiger partial charge < -0.3 is 5.32 Å². The third-order valence-corrected chi connectivity index (χ3v) is 2.82. The van der Waals surface area contributed by atoms with Crippen LogP contribution in [0.2, 0.25) is 5.02 Å². The van der Waals surface area contributed by atoms with Crippen molar-refractivity contribution in [1.82, 2.24) is 25.5 Å². The Bertz CT molecular complexity index is 498. The van der Waals surface area contributed by atoms with E-state index in [9.17, 15) is 0 Å². The van der Waals surface area contributed by atoms with Gasteiger partial charge in [0.15, 0.2) is 5.82 Å². The molecule has 84 valence electrons. The lowest BCUT2D eigenvalue weighted by Gasteiger charge is -2.06. The van der Waals surface area contributed by atoms with Crippen LogP contribution in [-0.2, 0) is 6.54 Å². The Labute approximate surface area is 106 Å². The van der Waals surface area contributed by atoms with Gasteiger partial charge in [0.1, 0.15) is 0 Å². The highest BCUT2D eigenvalue weighted by atomic mass is 79.9. The summed E-state index contributed by atoms with van der Waals surface area (Å²) in [7, 11) is 1.83. The molecule has 0 aliphatic heterocycles. The van der Waals surface area contributed by atoms with Gasteiger partial charge in [0.25, 0.3) is 0 Å². The molecule has 1 heterocycles. The summed E-state index contributed by atoms with van der Waals surface area (Å²) in [6, 6.07) is 5.54. The number of hydrogen-bond donors (Lipinski definition) is 1. The molecule has 0 saturated carbocycles. The van der Waals surface area contributed by atoms with Crippen molar-refractivity contribution >= 4 is 27.5 Å². The highest BCUT2D eigenvalue weighted by Gasteiger charge is 2.10. The average Bonchev–Trinajstić information content (AvgIpc) is 2.70. The van der Waals surface area contributed by atoms with Gasteiger partial charge >= 0.3 is 0 Å². The van der Waals surface area contributed by atoms with Crippen LogP contribution in [-0.4, -0.2) is 27.3 Å². The van der Waals surface area contributed by atoms with E-state index in [2.05, 4.69) is 36.8 Å². The zero-order chi connectivity index (χ0) is 11.5. The molecule has 2 aromatic rings. The second-order valence-corrected chi connectivity index (χ2v) is 4.46. The van der Waals surface area contributed by atoms with Gasteiger partial charge in [-0.1, -0.05) is 27.5 Å². The van der Waals surface area contributed by atoms with Crippen LogP contribution in [0, 0.1) is 0 Å². The predicted molar refractivity (Wildman–Crippen MR) is 64.6 cm³/mol. The van der Waals surface area contributed by atoms with Crippen molar-refractivity contribution < 1.29 is 0 Å². The van der Waals surface area contributed by atoms with E-state index in [-0.39, 0.29) is 0 Å². The maximum atomic E-state index is 6.10. The minimum Gasteiger partial charge on any atom is -0.313 e. The van der Waals surface area contributed by atoms with Gasteiger partial charge in [-0.15, -0.1) is 5.10 Å². The van der Waals surface area contributed by atoms with E-state index >= 15 is 0 Å². The van der Waals surface area contributed by atoms with E-state index < -0.39 is 0 Å². The van der Waals surface area contributed by atoms with E-state index in [0.717, 1.165) is 10.2 Å². The standard InChI is InChI=1S/C9H9BrClN5/c1-12-5-9-13-14-15-16(9)8-4-6(10)2-3-7(8)11/h2-4,12H,5H2,1H3. The van der Waals surface area contributed by atoms with Crippen molar-refractivity contribution in [2.45, 2.75) is 6.54 Å². The number of nitrogens with zero attached hydrogens (tertiary/aromatic N) is 4. The molecule has 0 aliphatic rings. The number of halogens is 2. The summed E-state index contributed by atoms with van der Waals surface area (Å²) in [5.74, 6) is 0.711.